The van der Waals surface area contributed by atoms with Gasteiger partial charge in [-0.25, -0.2) is 8.78 Å². The van der Waals surface area contributed by atoms with Crippen LogP contribution in [0.3, 0.4) is 0 Å². The monoisotopic (exact) mass is 437 g/mol. The first kappa shape index (κ1) is 21.5. The molecular weight excluding hydrogens is 420 g/mol. The van der Waals surface area contributed by atoms with Crippen LogP contribution in [-0.2, 0) is 13.1 Å². The minimum Gasteiger partial charge on any atom is -0.503 e. The molecule has 0 spiro atoms. The third-order valence-electron chi connectivity index (χ3n) is 4.72. The molecule has 7 nitrogen and oxygen atoms in total. The number of benzene rings is 1. The number of aromatic hydroxyl groups is 1. The number of amides is 2. The average Bonchev–Trinajstić information content (AvgIpc) is 2.73. The smallest absolute Gasteiger partial charge is 0.274 e. The number of carbonyl (C=O) groups is 2. The number of aromatic nitrogens is 1. The molecule has 0 fully saturated rings. The molecule has 0 saturated heterocycles. The fraction of sp³-hybridized carbons (Fsp3) is 0.250. The van der Waals surface area contributed by atoms with Crippen molar-refractivity contribution in [3.05, 3.63) is 74.2 Å². The van der Waals surface area contributed by atoms with Crippen molar-refractivity contribution in [1.29, 1.82) is 0 Å². The minimum absolute atomic E-state index is 0.0770. The predicted molar refractivity (Wildman–Crippen MR) is 106 cm³/mol. The lowest BCUT2D eigenvalue weighted by atomic mass is 10.1. The molecule has 1 aliphatic heterocycles. The molecule has 1 aromatic heterocycles. The largest absolute Gasteiger partial charge is 0.503 e. The van der Waals surface area contributed by atoms with Gasteiger partial charge in [-0.2, -0.15) is 0 Å². The first-order chi connectivity index (χ1) is 14.3. The second-order valence-corrected chi connectivity index (χ2v) is 6.98. The quantitative estimate of drug-likeness (QED) is 0.555. The van der Waals surface area contributed by atoms with E-state index < -0.39 is 45.2 Å². The number of nitrogens with one attached hydrogen (secondary N) is 1. The molecular formula is C20H18ClF2N3O4. The number of halogens is 3. The fourth-order valence-electron chi connectivity index (χ4n) is 3.07. The van der Waals surface area contributed by atoms with E-state index in [1.54, 1.807) is 19.1 Å². The van der Waals surface area contributed by atoms with Crippen LogP contribution < -0.4 is 10.7 Å². The molecule has 2 aromatic rings. The number of pyridine rings is 1. The van der Waals surface area contributed by atoms with E-state index in [9.17, 15) is 28.3 Å². The Bertz CT molecular complexity index is 1110. The van der Waals surface area contributed by atoms with Gasteiger partial charge < -0.3 is 19.9 Å². The van der Waals surface area contributed by atoms with E-state index in [1.807, 2.05) is 0 Å². The van der Waals surface area contributed by atoms with E-state index in [4.69, 9.17) is 11.6 Å². The third kappa shape index (κ3) is 3.93. The second-order valence-electron chi connectivity index (χ2n) is 6.60. The molecule has 3 rings (SSSR count). The highest BCUT2D eigenvalue weighted by atomic mass is 35.5. The van der Waals surface area contributed by atoms with E-state index in [2.05, 4.69) is 5.32 Å². The van der Waals surface area contributed by atoms with Crippen molar-refractivity contribution in [1.82, 2.24) is 14.8 Å². The molecule has 0 aliphatic carbocycles. The summed E-state index contributed by atoms with van der Waals surface area (Å²) < 4.78 is 28.6. The van der Waals surface area contributed by atoms with Crippen molar-refractivity contribution in [3.8, 4) is 5.75 Å². The van der Waals surface area contributed by atoms with Gasteiger partial charge in [-0.15, -0.1) is 0 Å². The molecule has 0 atom stereocenters. The number of carbonyl (C=O) groups excluding carboxylic acids is 2. The Labute approximate surface area is 175 Å². The van der Waals surface area contributed by atoms with Gasteiger partial charge in [0, 0.05) is 37.9 Å². The fourth-order valence-corrected chi connectivity index (χ4v) is 3.26. The zero-order chi connectivity index (χ0) is 22.0. The van der Waals surface area contributed by atoms with Crippen LogP contribution in [0.5, 0.6) is 5.75 Å². The van der Waals surface area contributed by atoms with Gasteiger partial charge in [-0.3, -0.25) is 14.4 Å². The summed E-state index contributed by atoms with van der Waals surface area (Å²) in [5, 5.41) is 11.9. The van der Waals surface area contributed by atoms with Crippen LogP contribution in [-0.4, -0.2) is 39.5 Å². The summed E-state index contributed by atoms with van der Waals surface area (Å²) in [6.07, 6.45) is 4.73. The highest BCUT2D eigenvalue weighted by molar-refractivity contribution is 6.30. The summed E-state index contributed by atoms with van der Waals surface area (Å²) in [6.45, 7) is 2.38. The van der Waals surface area contributed by atoms with Crippen molar-refractivity contribution in [3.63, 3.8) is 0 Å². The first-order valence-corrected chi connectivity index (χ1v) is 9.41. The van der Waals surface area contributed by atoms with Gasteiger partial charge in [0.15, 0.2) is 11.4 Å². The van der Waals surface area contributed by atoms with E-state index in [-0.39, 0.29) is 24.3 Å². The lowest BCUT2D eigenvalue weighted by Gasteiger charge is -2.29. The summed E-state index contributed by atoms with van der Waals surface area (Å²) in [6, 6.07) is 2.07. The molecule has 0 radical (unpaired) electrons. The van der Waals surface area contributed by atoms with E-state index in [0.29, 0.717) is 13.1 Å². The molecule has 1 aliphatic rings. The summed E-state index contributed by atoms with van der Waals surface area (Å²) in [5.41, 5.74) is -1.69. The van der Waals surface area contributed by atoms with Gasteiger partial charge in [-0.1, -0.05) is 29.8 Å². The van der Waals surface area contributed by atoms with Gasteiger partial charge in [0.25, 0.3) is 11.8 Å². The molecule has 2 amide bonds. The molecule has 2 heterocycles. The highest BCUT2D eigenvalue weighted by Gasteiger charge is 2.30. The maximum Gasteiger partial charge on any atom is 0.274 e. The minimum atomic E-state index is -1.02. The van der Waals surface area contributed by atoms with Gasteiger partial charge in [0.1, 0.15) is 22.2 Å². The molecule has 10 heteroatoms. The van der Waals surface area contributed by atoms with Crippen LogP contribution >= 0.6 is 11.6 Å². The molecule has 0 unspecified atom stereocenters. The van der Waals surface area contributed by atoms with Crippen molar-refractivity contribution in [2.45, 2.75) is 20.0 Å². The summed E-state index contributed by atoms with van der Waals surface area (Å²) in [7, 11) is 0. The number of allylic oxidation sites excluding steroid dienone is 1. The number of hydrogen-bond donors (Lipinski definition) is 2. The Morgan fingerprint density at radius 2 is 2.03 bits per heavy atom. The van der Waals surface area contributed by atoms with Crippen molar-refractivity contribution < 1.29 is 23.5 Å². The Hall–Kier alpha value is -3.20. The first-order valence-electron chi connectivity index (χ1n) is 9.03. The Morgan fingerprint density at radius 1 is 1.30 bits per heavy atom. The molecule has 30 heavy (non-hydrogen) atoms. The molecule has 0 bridgehead atoms. The third-order valence-corrected chi connectivity index (χ3v) is 5.06. The zero-order valence-electron chi connectivity index (χ0n) is 15.9. The SMILES string of the molecule is C/C=C\CN1CCn2cc(C(=O)NCc3ccc(F)c(Cl)c3F)c(=O)c(O)c2C1=O. The maximum absolute atomic E-state index is 14.0. The zero-order valence-corrected chi connectivity index (χ0v) is 16.7. The number of hydrogen-bond acceptors (Lipinski definition) is 4. The lowest BCUT2D eigenvalue weighted by Crippen LogP contribution is -2.42. The normalized spacial score (nSPS) is 13.6. The van der Waals surface area contributed by atoms with Gasteiger partial charge >= 0.3 is 0 Å². The predicted octanol–water partition coefficient (Wildman–Crippen LogP) is 2.45. The molecule has 1 aromatic carbocycles. The van der Waals surface area contributed by atoms with Crippen LogP contribution in [0, 0.1) is 11.6 Å². The summed E-state index contributed by atoms with van der Waals surface area (Å²) in [5.74, 6) is -4.18. The molecule has 158 valence electrons. The molecule has 0 saturated carbocycles. The van der Waals surface area contributed by atoms with Crippen LogP contribution in [0.2, 0.25) is 5.02 Å². The standard InChI is InChI=1S/C20H18ClF2N3O4/c1-2-3-6-25-7-8-26-10-12(17(27)18(28)16(26)20(25)30)19(29)24-9-11-4-5-13(22)14(21)15(11)23/h2-5,10,28H,6-9H2,1H3,(H,24,29)/b3-2-. The second kappa shape index (κ2) is 8.66. The number of rotatable bonds is 5. The van der Waals surface area contributed by atoms with Crippen LogP contribution in [0.15, 0.2) is 35.3 Å². The lowest BCUT2D eigenvalue weighted by molar-refractivity contribution is 0.0716. The summed E-state index contributed by atoms with van der Waals surface area (Å²) >= 11 is 5.51. The van der Waals surface area contributed by atoms with Gasteiger partial charge in [0.2, 0.25) is 5.43 Å². The summed E-state index contributed by atoms with van der Waals surface area (Å²) in [4.78, 5) is 39.0. The van der Waals surface area contributed by atoms with E-state index in [1.165, 1.54) is 15.7 Å². The number of fused-ring (bicyclic) bond motifs is 1. The average molecular weight is 438 g/mol. The maximum atomic E-state index is 14.0. The van der Waals surface area contributed by atoms with E-state index >= 15 is 0 Å². The van der Waals surface area contributed by atoms with Crippen molar-refractivity contribution >= 4 is 23.4 Å². The van der Waals surface area contributed by atoms with Crippen molar-refractivity contribution in [2.75, 3.05) is 13.1 Å². The topological polar surface area (TPSA) is 91.6 Å². The van der Waals surface area contributed by atoms with Crippen LogP contribution in [0.1, 0.15) is 33.3 Å². The molecule has 2 N–H and O–H groups in total. The Balaban J connectivity index is 1.85. The van der Waals surface area contributed by atoms with E-state index in [0.717, 1.165) is 12.1 Å². The highest BCUT2D eigenvalue weighted by Crippen LogP contribution is 2.22. The van der Waals surface area contributed by atoms with Gasteiger partial charge in [-0.05, 0) is 13.0 Å². The van der Waals surface area contributed by atoms with Crippen molar-refractivity contribution in [2.24, 2.45) is 0 Å². The van der Waals surface area contributed by atoms with Crippen LogP contribution in [0.25, 0.3) is 0 Å². The Kier molecular flexibility index (Phi) is 6.21. The number of nitrogens with zero attached hydrogens (tertiary/aromatic N) is 2. The van der Waals surface area contributed by atoms with Gasteiger partial charge in [0.05, 0.1) is 0 Å². The van der Waals surface area contributed by atoms with Crippen LogP contribution in [0.4, 0.5) is 8.78 Å². The Morgan fingerprint density at radius 3 is 2.73 bits per heavy atom.